The van der Waals surface area contributed by atoms with Crippen molar-refractivity contribution in [2.24, 2.45) is 0 Å². The maximum atomic E-state index is 6.32. The third-order valence-electron chi connectivity index (χ3n) is 5.23. The maximum absolute atomic E-state index is 6.32. The molecule has 1 aliphatic heterocycles. The number of hydrogen-bond acceptors (Lipinski definition) is 5. The van der Waals surface area contributed by atoms with Crippen molar-refractivity contribution in [3.05, 3.63) is 107 Å². The first-order valence-electron chi connectivity index (χ1n) is 10.1. The fraction of sp³-hybridized carbons (Fsp3) is 0.125. The number of hydrogen-bond donors (Lipinski definition) is 1. The molecule has 4 heterocycles. The van der Waals surface area contributed by atoms with Crippen molar-refractivity contribution in [1.82, 2.24) is 20.2 Å². The highest BCUT2D eigenvalue weighted by atomic mass is 35.5. The molecular formula is C24H19ClN4OS2. The molecular weight excluding hydrogens is 460 g/mol. The van der Waals surface area contributed by atoms with Crippen LogP contribution in [-0.4, -0.2) is 20.0 Å². The van der Waals surface area contributed by atoms with Crippen molar-refractivity contribution in [2.45, 2.75) is 28.6 Å². The van der Waals surface area contributed by atoms with Crippen molar-refractivity contribution in [3.63, 3.8) is 0 Å². The van der Waals surface area contributed by atoms with E-state index in [-0.39, 0.29) is 12.1 Å². The lowest BCUT2D eigenvalue weighted by Crippen LogP contribution is -2.29. The third kappa shape index (κ3) is 4.50. The van der Waals surface area contributed by atoms with Gasteiger partial charge in [0, 0.05) is 35.1 Å². The fourth-order valence-corrected chi connectivity index (χ4v) is 4.95. The largest absolute Gasteiger partial charge is 0.452 e. The highest BCUT2D eigenvalue weighted by Crippen LogP contribution is 2.41. The Kier molecular flexibility index (Phi) is 6.12. The molecule has 0 amide bonds. The van der Waals surface area contributed by atoms with Crippen LogP contribution in [0.3, 0.4) is 0 Å². The Hall–Kier alpha value is -2.87. The minimum absolute atomic E-state index is 0.120. The number of pyridine rings is 2. The van der Waals surface area contributed by atoms with Crippen LogP contribution >= 0.6 is 35.6 Å². The smallest absolute Gasteiger partial charge is 0.170 e. The molecule has 5 nitrogen and oxygen atoms in total. The number of rotatable bonds is 6. The number of thiocarbonyl (C=S) groups is 1. The molecule has 0 bridgehead atoms. The van der Waals surface area contributed by atoms with Gasteiger partial charge in [0.2, 0.25) is 0 Å². The lowest BCUT2D eigenvalue weighted by molar-refractivity contribution is 0.254. The summed E-state index contributed by atoms with van der Waals surface area (Å²) in [6.07, 6.45) is 5.38. The highest BCUT2D eigenvalue weighted by Gasteiger charge is 2.41. The molecule has 4 aromatic rings. The third-order valence-corrected chi connectivity index (χ3v) is 6.76. The van der Waals surface area contributed by atoms with Gasteiger partial charge in [-0.3, -0.25) is 9.97 Å². The van der Waals surface area contributed by atoms with E-state index in [4.69, 9.17) is 28.2 Å². The quantitative estimate of drug-likeness (QED) is 0.338. The van der Waals surface area contributed by atoms with E-state index in [0.29, 0.717) is 16.7 Å². The van der Waals surface area contributed by atoms with E-state index >= 15 is 0 Å². The fourth-order valence-electron chi connectivity index (χ4n) is 3.74. The lowest BCUT2D eigenvalue weighted by atomic mass is 10.0. The lowest BCUT2D eigenvalue weighted by Gasteiger charge is -2.26. The van der Waals surface area contributed by atoms with E-state index in [1.807, 2.05) is 66.7 Å². The molecule has 1 aliphatic rings. The average Bonchev–Trinajstić information content (AvgIpc) is 3.41. The number of benzene rings is 1. The zero-order valence-corrected chi connectivity index (χ0v) is 19.3. The SMILES string of the molecule is S=C1N[C@H](c2ccccn2)[C@@H](c2ccc(Sc3ccc(Cl)cc3)o2)N1Cc1ccncc1. The van der Waals surface area contributed by atoms with Crippen LogP contribution in [0.1, 0.15) is 29.1 Å². The summed E-state index contributed by atoms with van der Waals surface area (Å²) in [5, 5.41) is 5.65. The summed E-state index contributed by atoms with van der Waals surface area (Å²) in [6, 6.07) is 21.4. The second-order valence-corrected chi connectivity index (χ2v) is 9.22. The Morgan fingerprint density at radius 2 is 1.81 bits per heavy atom. The predicted molar refractivity (Wildman–Crippen MR) is 130 cm³/mol. The van der Waals surface area contributed by atoms with Gasteiger partial charge in [-0.1, -0.05) is 29.4 Å². The van der Waals surface area contributed by atoms with Gasteiger partial charge in [0.05, 0.1) is 11.7 Å². The monoisotopic (exact) mass is 478 g/mol. The minimum Gasteiger partial charge on any atom is -0.452 e. The molecule has 5 rings (SSSR count). The molecule has 1 aromatic carbocycles. The molecule has 1 fully saturated rings. The zero-order valence-electron chi connectivity index (χ0n) is 16.9. The molecule has 8 heteroatoms. The van der Waals surface area contributed by atoms with Gasteiger partial charge in [-0.2, -0.15) is 0 Å². The molecule has 0 spiro atoms. The van der Waals surface area contributed by atoms with Crippen LogP contribution in [0.15, 0.2) is 99.7 Å². The van der Waals surface area contributed by atoms with Gasteiger partial charge < -0.3 is 14.6 Å². The van der Waals surface area contributed by atoms with Gasteiger partial charge >= 0.3 is 0 Å². The van der Waals surface area contributed by atoms with Gasteiger partial charge in [0.1, 0.15) is 11.8 Å². The van der Waals surface area contributed by atoms with Crippen molar-refractivity contribution in [1.29, 1.82) is 0 Å². The van der Waals surface area contributed by atoms with Crippen LogP contribution in [-0.2, 0) is 6.54 Å². The van der Waals surface area contributed by atoms with E-state index in [1.165, 1.54) is 0 Å². The Morgan fingerprint density at radius 1 is 1.00 bits per heavy atom. The number of halogens is 1. The van der Waals surface area contributed by atoms with Crippen LogP contribution < -0.4 is 5.32 Å². The summed E-state index contributed by atoms with van der Waals surface area (Å²) in [5.74, 6) is 0.832. The van der Waals surface area contributed by atoms with Gasteiger partial charge in [0.15, 0.2) is 10.2 Å². The summed E-state index contributed by atoms with van der Waals surface area (Å²) < 4.78 is 6.32. The van der Waals surface area contributed by atoms with Crippen molar-refractivity contribution < 1.29 is 4.42 Å². The number of nitrogens with zero attached hydrogens (tertiary/aromatic N) is 3. The summed E-state index contributed by atoms with van der Waals surface area (Å²) in [7, 11) is 0. The molecule has 0 radical (unpaired) electrons. The molecule has 2 atom stereocenters. The first kappa shape index (κ1) is 21.0. The standard InChI is InChI=1S/C24H19ClN4OS2/c25-17-4-6-18(7-5-17)32-21-9-8-20(30-21)23-22(19-3-1-2-12-27-19)28-24(31)29(23)15-16-10-13-26-14-11-16/h1-14,22-23H,15H2,(H,28,31)/t22-,23-/m1/s1. The first-order valence-corrected chi connectivity index (χ1v) is 11.7. The van der Waals surface area contributed by atoms with Gasteiger partial charge in [-0.05, 0) is 78.4 Å². The number of aromatic nitrogens is 2. The van der Waals surface area contributed by atoms with Crippen LogP contribution in [0.25, 0.3) is 0 Å². The minimum atomic E-state index is -0.134. The molecule has 32 heavy (non-hydrogen) atoms. The van der Waals surface area contributed by atoms with Gasteiger partial charge in [0.25, 0.3) is 0 Å². The second-order valence-electron chi connectivity index (χ2n) is 7.32. The van der Waals surface area contributed by atoms with Gasteiger partial charge in [-0.25, -0.2) is 0 Å². The predicted octanol–water partition coefficient (Wildman–Crippen LogP) is 6.05. The molecule has 0 unspecified atom stereocenters. The molecule has 0 aliphatic carbocycles. The average molecular weight is 479 g/mol. The Morgan fingerprint density at radius 3 is 2.56 bits per heavy atom. The van der Waals surface area contributed by atoms with Crippen LogP contribution in [0.4, 0.5) is 0 Å². The van der Waals surface area contributed by atoms with Crippen LogP contribution in [0.5, 0.6) is 0 Å². The molecule has 3 aromatic heterocycles. The van der Waals surface area contributed by atoms with Crippen molar-refractivity contribution in [3.8, 4) is 0 Å². The molecule has 160 valence electrons. The normalized spacial score (nSPS) is 18.0. The maximum Gasteiger partial charge on any atom is 0.170 e. The Balaban J connectivity index is 1.47. The summed E-state index contributed by atoms with van der Waals surface area (Å²) in [6.45, 7) is 0.642. The van der Waals surface area contributed by atoms with E-state index in [9.17, 15) is 0 Å². The molecule has 1 N–H and O–H groups in total. The van der Waals surface area contributed by atoms with Crippen molar-refractivity contribution >= 4 is 40.7 Å². The van der Waals surface area contributed by atoms with E-state index in [1.54, 1.807) is 30.4 Å². The first-order chi connectivity index (χ1) is 15.7. The molecule has 1 saturated heterocycles. The second kappa shape index (κ2) is 9.32. The zero-order chi connectivity index (χ0) is 21.9. The van der Waals surface area contributed by atoms with Crippen LogP contribution in [0.2, 0.25) is 5.02 Å². The van der Waals surface area contributed by atoms with Gasteiger partial charge in [-0.15, -0.1) is 0 Å². The Bertz CT molecular complexity index is 1200. The topological polar surface area (TPSA) is 54.2 Å². The van der Waals surface area contributed by atoms with Crippen molar-refractivity contribution in [2.75, 3.05) is 0 Å². The number of furan rings is 1. The van der Waals surface area contributed by atoms with E-state index < -0.39 is 0 Å². The van der Waals surface area contributed by atoms with E-state index in [0.717, 1.165) is 27.0 Å². The summed E-state index contributed by atoms with van der Waals surface area (Å²) in [4.78, 5) is 11.9. The van der Waals surface area contributed by atoms with E-state index in [2.05, 4.69) is 20.2 Å². The highest BCUT2D eigenvalue weighted by molar-refractivity contribution is 7.99. The summed E-state index contributed by atoms with van der Waals surface area (Å²) in [5.41, 5.74) is 2.04. The summed E-state index contributed by atoms with van der Waals surface area (Å²) >= 11 is 13.3. The van der Waals surface area contributed by atoms with Crippen LogP contribution in [0, 0.1) is 0 Å². The Labute approximate surface area is 200 Å². The number of nitrogens with one attached hydrogen (secondary N) is 1. The molecule has 0 saturated carbocycles.